The van der Waals surface area contributed by atoms with Gasteiger partial charge in [0.2, 0.25) is 0 Å². The maximum absolute atomic E-state index is 9.65. The number of aliphatic hydroxyl groups is 1. The molecule has 1 heterocycles. The summed E-state index contributed by atoms with van der Waals surface area (Å²) in [5.74, 6) is 0. The Labute approximate surface area is 88.7 Å². The van der Waals surface area contributed by atoms with Crippen molar-refractivity contribution in [3.8, 4) is 0 Å². The van der Waals surface area contributed by atoms with Crippen molar-refractivity contribution in [2.75, 3.05) is 6.61 Å². The van der Waals surface area contributed by atoms with E-state index in [9.17, 15) is 5.11 Å². The van der Waals surface area contributed by atoms with Crippen molar-refractivity contribution in [3.05, 3.63) is 29.0 Å². The molecule has 0 amide bonds. The number of ether oxygens (including phenoxy) is 1. The SMILES string of the molecule is CC(C)OCC(O)c1ccc(Cl)nc1. The molecule has 0 radical (unpaired) electrons. The van der Waals surface area contributed by atoms with Gasteiger partial charge in [0.1, 0.15) is 11.3 Å². The van der Waals surface area contributed by atoms with Gasteiger partial charge in [0.05, 0.1) is 12.7 Å². The first-order chi connectivity index (χ1) is 6.59. The molecule has 78 valence electrons. The number of rotatable bonds is 4. The summed E-state index contributed by atoms with van der Waals surface area (Å²) in [4.78, 5) is 3.88. The fourth-order valence-electron chi connectivity index (χ4n) is 0.964. The standard InChI is InChI=1S/C10H14ClNO2/c1-7(2)14-6-9(13)8-3-4-10(11)12-5-8/h3-5,7,9,13H,6H2,1-2H3. The van der Waals surface area contributed by atoms with Crippen molar-refractivity contribution in [2.45, 2.75) is 26.1 Å². The number of hydrogen-bond donors (Lipinski definition) is 1. The lowest BCUT2D eigenvalue weighted by atomic mass is 10.2. The monoisotopic (exact) mass is 215 g/mol. The highest BCUT2D eigenvalue weighted by Crippen LogP contribution is 2.14. The second kappa shape index (κ2) is 5.29. The average molecular weight is 216 g/mol. The quantitative estimate of drug-likeness (QED) is 0.783. The Kier molecular flexibility index (Phi) is 4.32. The Balaban J connectivity index is 2.52. The highest BCUT2D eigenvalue weighted by molar-refractivity contribution is 6.29. The number of aliphatic hydroxyl groups excluding tert-OH is 1. The third-order valence-electron chi connectivity index (χ3n) is 1.72. The van der Waals surface area contributed by atoms with Crippen molar-refractivity contribution in [1.29, 1.82) is 0 Å². The predicted octanol–water partition coefficient (Wildman–Crippen LogP) is 2.19. The van der Waals surface area contributed by atoms with Crippen LogP contribution in [0.25, 0.3) is 0 Å². The molecule has 1 N–H and O–H groups in total. The molecule has 0 aliphatic heterocycles. The molecule has 1 unspecified atom stereocenters. The lowest BCUT2D eigenvalue weighted by Crippen LogP contribution is -2.11. The molecule has 0 bridgehead atoms. The Morgan fingerprint density at radius 3 is 2.71 bits per heavy atom. The molecular weight excluding hydrogens is 202 g/mol. The molecule has 0 aromatic carbocycles. The van der Waals surface area contributed by atoms with Crippen molar-refractivity contribution in [1.82, 2.24) is 4.98 Å². The summed E-state index contributed by atoms with van der Waals surface area (Å²) in [6.45, 7) is 4.13. The largest absolute Gasteiger partial charge is 0.386 e. The van der Waals surface area contributed by atoms with Gasteiger partial charge in [-0.15, -0.1) is 0 Å². The van der Waals surface area contributed by atoms with Crippen LogP contribution in [0.4, 0.5) is 0 Å². The minimum atomic E-state index is -0.637. The lowest BCUT2D eigenvalue weighted by molar-refractivity contribution is 0.00480. The maximum Gasteiger partial charge on any atom is 0.129 e. The van der Waals surface area contributed by atoms with E-state index in [2.05, 4.69) is 4.98 Å². The number of nitrogens with zero attached hydrogens (tertiary/aromatic N) is 1. The molecule has 0 aliphatic rings. The molecule has 0 aliphatic carbocycles. The summed E-state index contributed by atoms with van der Waals surface area (Å²) in [6.07, 6.45) is 1.03. The molecule has 0 saturated heterocycles. The van der Waals surface area contributed by atoms with Gasteiger partial charge in [0, 0.05) is 11.8 Å². The van der Waals surface area contributed by atoms with Crippen LogP contribution in [0, 0.1) is 0 Å². The number of aromatic nitrogens is 1. The van der Waals surface area contributed by atoms with E-state index in [-0.39, 0.29) is 12.7 Å². The van der Waals surface area contributed by atoms with E-state index in [1.54, 1.807) is 18.3 Å². The second-order valence-corrected chi connectivity index (χ2v) is 3.70. The Hall–Kier alpha value is -0.640. The summed E-state index contributed by atoms with van der Waals surface area (Å²) >= 11 is 5.62. The van der Waals surface area contributed by atoms with Gasteiger partial charge in [0.25, 0.3) is 0 Å². The second-order valence-electron chi connectivity index (χ2n) is 3.31. The van der Waals surface area contributed by atoms with Crippen molar-refractivity contribution < 1.29 is 9.84 Å². The Bertz CT molecular complexity index is 274. The van der Waals surface area contributed by atoms with E-state index in [1.165, 1.54) is 0 Å². The zero-order valence-corrected chi connectivity index (χ0v) is 9.03. The Morgan fingerprint density at radius 1 is 1.50 bits per heavy atom. The summed E-state index contributed by atoms with van der Waals surface area (Å²) in [6, 6.07) is 3.39. The summed E-state index contributed by atoms with van der Waals surface area (Å²) in [5.41, 5.74) is 0.718. The summed E-state index contributed by atoms with van der Waals surface area (Å²) in [7, 11) is 0. The predicted molar refractivity (Wildman–Crippen MR) is 55.3 cm³/mol. The van der Waals surface area contributed by atoms with Gasteiger partial charge >= 0.3 is 0 Å². The van der Waals surface area contributed by atoms with Crippen LogP contribution in [-0.2, 0) is 4.74 Å². The Morgan fingerprint density at radius 2 is 2.21 bits per heavy atom. The molecule has 14 heavy (non-hydrogen) atoms. The van der Waals surface area contributed by atoms with Gasteiger partial charge in [-0.2, -0.15) is 0 Å². The summed E-state index contributed by atoms with van der Waals surface area (Å²) < 4.78 is 5.28. The van der Waals surface area contributed by atoms with E-state index in [4.69, 9.17) is 16.3 Å². The third kappa shape index (κ3) is 3.62. The topological polar surface area (TPSA) is 42.4 Å². The highest BCUT2D eigenvalue weighted by atomic mass is 35.5. The minimum absolute atomic E-state index is 0.116. The fourth-order valence-corrected chi connectivity index (χ4v) is 1.08. The van der Waals surface area contributed by atoms with Crippen LogP contribution >= 0.6 is 11.6 Å². The van der Waals surface area contributed by atoms with Crippen LogP contribution in [0.1, 0.15) is 25.5 Å². The minimum Gasteiger partial charge on any atom is -0.386 e. The zero-order chi connectivity index (χ0) is 10.6. The van der Waals surface area contributed by atoms with Gasteiger partial charge < -0.3 is 9.84 Å². The summed E-state index contributed by atoms with van der Waals surface area (Å²) in [5, 5.41) is 10.1. The normalized spacial score (nSPS) is 13.2. The molecule has 3 nitrogen and oxygen atoms in total. The molecule has 0 saturated carbocycles. The lowest BCUT2D eigenvalue weighted by Gasteiger charge is -2.13. The van der Waals surface area contributed by atoms with Crippen molar-refractivity contribution in [2.24, 2.45) is 0 Å². The van der Waals surface area contributed by atoms with Crippen LogP contribution in [0.5, 0.6) is 0 Å². The molecule has 1 atom stereocenters. The van der Waals surface area contributed by atoms with E-state index in [0.717, 1.165) is 5.56 Å². The maximum atomic E-state index is 9.65. The fraction of sp³-hybridized carbons (Fsp3) is 0.500. The van der Waals surface area contributed by atoms with Crippen molar-refractivity contribution in [3.63, 3.8) is 0 Å². The van der Waals surface area contributed by atoms with Gasteiger partial charge in [-0.1, -0.05) is 17.7 Å². The van der Waals surface area contributed by atoms with Gasteiger partial charge in [-0.3, -0.25) is 0 Å². The van der Waals surface area contributed by atoms with E-state index < -0.39 is 6.10 Å². The first kappa shape index (κ1) is 11.4. The van der Waals surface area contributed by atoms with Crippen LogP contribution in [0.3, 0.4) is 0 Å². The average Bonchev–Trinajstić information content (AvgIpc) is 2.15. The number of hydrogen-bond acceptors (Lipinski definition) is 3. The molecule has 1 aromatic heterocycles. The van der Waals surface area contributed by atoms with Crippen LogP contribution < -0.4 is 0 Å². The van der Waals surface area contributed by atoms with Gasteiger partial charge in [0.15, 0.2) is 0 Å². The van der Waals surface area contributed by atoms with Gasteiger partial charge in [-0.25, -0.2) is 4.98 Å². The molecular formula is C10H14ClNO2. The first-order valence-corrected chi connectivity index (χ1v) is 4.88. The molecule has 0 spiro atoms. The van der Waals surface area contributed by atoms with Gasteiger partial charge in [-0.05, 0) is 19.9 Å². The molecule has 4 heteroatoms. The van der Waals surface area contributed by atoms with Crippen LogP contribution in [0.2, 0.25) is 5.15 Å². The number of pyridine rings is 1. The van der Waals surface area contributed by atoms with Crippen LogP contribution in [0.15, 0.2) is 18.3 Å². The smallest absolute Gasteiger partial charge is 0.129 e. The number of halogens is 1. The zero-order valence-electron chi connectivity index (χ0n) is 8.27. The first-order valence-electron chi connectivity index (χ1n) is 4.50. The van der Waals surface area contributed by atoms with E-state index in [0.29, 0.717) is 5.15 Å². The van der Waals surface area contributed by atoms with E-state index in [1.807, 2.05) is 13.8 Å². The van der Waals surface area contributed by atoms with E-state index >= 15 is 0 Å². The molecule has 1 aromatic rings. The van der Waals surface area contributed by atoms with Crippen LogP contribution in [-0.4, -0.2) is 22.8 Å². The third-order valence-corrected chi connectivity index (χ3v) is 1.95. The van der Waals surface area contributed by atoms with Crippen molar-refractivity contribution >= 4 is 11.6 Å². The molecule has 1 rings (SSSR count). The molecule has 0 fully saturated rings. The highest BCUT2D eigenvalue weighted by Gasteiger charge is 2.08.